The summed E-state index contributed by atoms with van der Waals surface area (Å²) in [6, 6.07) is 0. The van der Waals surface area contributed by atoms with E-state index in [1.165, 1.54) is 9.77 Å². The van der Waals surface area contributed by atoms with Crippen LogP contribution in [0.5, 0.6) is 0 Å². The molecule has 0 aliphatic rings. The number of rotatable bonds is 2. The van der Waals surface area contributed by atoms with Gasteiger partial charge in [-0.1, -0.05) is 39.8 Å². The molecule has 0 fully saturated rings. The van der Waals surface area contributed by atoms with Gasteiger partial charge in [0, 0.05) is 5.56 Å². The van der Waals surface area contributed by atoms with Crippen LogP contribution in [0.1, 0.15) is 12.5 Å². The molecule has 0 aromatic carbocycles. The van der Waals surface area contributed by atoms with Crippen LogP contribution in [-0.4, -0.2) is 5.75 Å². The lowest BCUT2D eigenvalue weighted by Gasteiger charge is -1.91. The van der Waals surface area contributed by atoms with E-state index in [0.29, 0.717) is 0 Å². The van der Waals surface area contributed by atoms with E-state index >= 15 is 0 Å². The fourth-order valence-electron chi connectivity index (χ4n) is 0.547. The fourth-order valence-corrected chi connectivity index (χ4v) is 4.89. The maximum Gasteiger partial charge on any atom is 0.105 e. The molecule has 0 aliphatic heterocycles. The largest absolute Gasteiger partial charge is 0.115 e. The van der Waals surface area contributed by atoms with Crippen molar-refractivity contribution in [3.8, 4) is 0 Å². The Balaban J connectivity index is 2.94. The first-order valence-electron chi connectivity index (χ1n) is 2.98. The van der Waals surface area contributed by atoms with Crippen LogP contribution in [-0.2, 0) is 0 Å². The van der Waals surface area contributed by atoms with Crippen LogP contribution in [0.25, 0.3) is 0 Å². The van der Waals surface area contributed by atoms with Gasteiger partial charge in [-0.15, -0.1) is 11.8 Å². The number of hydrogen-bond donors (Lipinski definition) is 0. The van der Waals surface area contributed by atoms with E-state index in [9.17, 15) is 0 Å². The summed E-state index contributed by atoms with van der Waals surface area (Å²) >= 11 is 6.99. The molecule has 0 aliphatic carbocycles. The maximum absolute atomic E-state index is 5.10. The van der Waals surface area contributed by atoms with Crippen molar-refractivity contribution in [2.75, 3.05) is 5.75 Å². The molecule has 4 heteroatoms. The molecule has 0 radical (unpaired) electrons. The van der Waals surface area contributed by atoms with Gasteiger partial charge in [-0.3, -0.25) is 0 Å². The highest BCUT2D eigenvalue weighted by molar-refractivity contribution is 8.03. The minimum atomic E-state index is 1.06. The first-order valence-corrected chi connectivity index (χ1v) is 6.52. The van der Waals surface area contributed by atoms with Crippen molar-refractivity contribution in [1.29, 1.82) is 0 Å². The van der Waals surface area contributed by atoms with Crippen LogP contribution >= 0.6 is 44.7 Å². The third-order valence-corrected chi connectivity index (χ3v) is 5.98. The molecule has 0 saturated carbocycles. The second kappa shape index (κ2) is 3.85. The summed E-state index contributed by atoms with van der Waals surface area (Å²) < 4.78 is 2.46. The summed E-state index contributed by atoms with van der Waals surface area (Å²) in [6.07, 6.45) is 0. The average molecular weight is 208 g/mol. The molecule has 0 amide bonds. The third kappa shape index (κ3) is 1.81. The monoisotopic (exact) mass is 208 g/mol. The first kappa shape index (κ1) is 8.71. The summed E-state index contributed by atoms with van der Waals surface area (Å²) in [6.45, 7) is 4.27. The molecule has 0 nitrogen and oxygen atoms in total. The van der Waals surface area contributed by atoms with Crippen LogP contribution in [0.15, 0.2) is 4.21 Å². The lowest BCUT2D eigenvalue weighted by molar-refractivity contribution is 1.41. The zero-order valence-electron chi connectivity index (χ0n) is 5.84. The molecular formula is C6H8S4. The Kier molecular flexibility index (Phi) is 3.36. The molecule has 0 N–H and O–H groups in total. The van der Waals surface area contributed by atoms with Crippen LogP contribution in [0.3, 0.4) is 0 Å². The minimum Gasteiger partial charge on any atom is -0.115 e. The van der Waals surface area contributed by atoms with E-state index in [2.05, 4.69) is 13.8 Å². The topological polar surface area (TPSA) is 0 Å². The Bertz CT molecular complexity index is 257. The summed E-state index contributed by atoms with van der Waals surface area (Å²) in [5.41, 5.74) is 1.30. The van der Waals surface area contributed by atoms with Crippen LogP contribution in [0.4, 0.5) is 0 Å². The quantitative estimate of drug-likeness (QED) is 0.410. The molecule has 0 spiro atoms. The van der Waals surface area contributed by atoms with Crippen molar-refractivity contribution in [3.63, 3.8) is 0 Å². The van der Waals surface area contributed by atoms with Crippen LogP contribution in [0, 0.1) is 10.7 Å². The van der Waals surface area contributed by atoms with Crippen molar-refractivity contribution in [1.82, 2.24) is 0 Å². The van der Waals surface area contributed by atoms with Crippen molar-refractivity contribution >= 4 is 44.7 Å². The lowest BCUT2D eigenvalue weighted by atomic mass is 10.5. The van der Waals surface area contributed by atoms with Gasteiger partial charge in [0.15, 0.2) is 0 Å². The standard InChI is InChI=1S/C6H8S4/c1-3-8-6-4(2)5(7)9-10-6/h3H2,1-2H3. The van der Waals surface area contributed by atoms with Gasteiger partial charge in [0.25, 0.3) is 0 Å². The SMILES string of the molecule is CCSc1ssc(=S)c1C. The van der Waals surface area contributed by atoms with E-state index in [1.54, 1.807) is 20.7 Å². The van der Waals surface area contributed by atoms with E-state index in [0.717, 1.165) is 9.58 Å². The number of hydrogen-bond acceptors (Lipinski definition) is 4. The highest BCUT2D eigenvalue weighted by Crippen LogP contribution is 2.32. The van der Waals surface area contributed by atoms with E-state index < -0.39 is 0 Å². The van der Waals surface area contributed by atoms with Gasteiger partial charge in [-0.05, 0) is 12.7 Å². The molecular weight excluding hydrogens is 200 g/mol. The molecule has 0 bridgehead atoms. The highest BCUT2D eigenvalue weighted by Gasteiger charge is 2.01. The molecule has 56 valence electrons. The van der Waals surface area contributed by atoms with Gasteiger partial charge >= 0.3 is 0 Å². The Morgan fingerprint density at radius 2 is 2.20 bits per heavy atom. The Morgan fingerprint density at radius 1 is 1.50 bits per heavy atom. The molecule has 10 heavy (non-hydrogen) atoms. The van der Waals surface area contributed by atoms with Gasteiger partial charge in [0.2, 0.25) is 0 Å². The van der Waals surface area contributed by atoms with Gasteiger partial charge in [0.05, 0.1) is 4.21 Å². The summed E-state index contributed by atoms with van der Waals surface area (Å²) in [5, 5.41) is 0. The summed E-state index contributed by atoms with van der Waals surface area (Å²) in [7, 11) is 3.51. The summed E-state index contributed by atoms with van der Waals surface area (Å²) in [5.74, 6) is 1.14. The predicted octanol–water partition coefficient (Wildman–Crippen LogP) is 3.96. The Hall–Kier alpha value is 0.620. The minimum absolute atomic E-state index is 1.06. The normalized spacial score (nSPS) is 10.2. The van der Waals surface area contributed by atoms with Crippen molar-refractivity contribution in [3.05, 3.63) is 9.39 Å². The Morgan fingerprint density at radius 3 is 2.60 bits per heavy atom. The first-order chi connectivity index (χ1) is 4.75. The van der Waals surface area contributed by atoms with E-state index in [4.69, 9.17) is 12.2 Å². The predicted molar refractivity (Wildman–Crippen MR) is 54.2 cm³/mol. The van der Waals surface area contributed by atoms with Gasteiger partial charge < -0.3 is 0 Å². The highest BCUT2D eigenvalue weighted by atomic mass is 32.9. The van der Waals surface area contributed by atoms with Crippen molar-refractivity contribution in [2.24, 2.45) is 0 Å². The molecule has 1 rings (SSSR count). The smallest absolute Gasteiger partial charge is 0.105 e. The van der Waals surface area contributed by atoms with E-state index in [1.807, 2.05) is 11.8 Å². The van der Waals surface area contributed by atoms with Crippen LogP contribution < -0.4 is 0 Å². The zero-order valence-corrected chi connectivity index (χ0v) is 9.11. The second-order valence-electron chi connectivity index (χ2n) is 1.80. The second-order valence-corrected chi connectivity index (χ2v) is 6.15. The molecule has 0 atom stereocenters. The third-order valence-electron chi connectivity index (χ3n) is 1.08. The maximum atomic E-state index is 5.10. The Labute approximate surface area is 77.7 Å². The lowest BCUT2D eigenvalue weighted by Crippen LogP contribution is -1.69. The average Bonchev–Trinajstić information content (AvgIpc) is 2.20. The molecule has 0 saturated heterocycles. The molecule has 1 heterocycles. The van der Waals surface area contributed by atoms with Crippen LogP contribution in [0.2, 0.25) is 0 Å². The van der Waals surface area contributed by atoms with Gasteiger partial charge in [-0.2, -0.15) is 0 Å². The van der Waals surface area contributed by atoms with Gasteiger partial charge in [0.1, 0.15) is 3.82 Å². The van der Waals surface area contributed by atoms with Crippen molar-refractivity contribution < 1.29 is 0 Å². The summed E-state index contributed by atoms with van der Waals surface area (Å²) in [4.78, 5) is 0. The zero-order chi connectivity index (χ0) is 7.56. The molecule has 0 unspecified atom stereocenters. The van der Waals surface area contributed by atoms with Gasteiger partial charge in [-0.25, -0.2) is 0 Å². The fraction of sp³-hybridized carbons (Fsp3) is 0.500. The molecule has 1 aromatic heterocycles. The molecule has 1 aromatic rings. The number of thioether (sulfide) groups is 1. The van der Waals surface area contributed by atoms with E-state index in [-0.39, 0.29) is 0 Å². The van der Waals surface area contributed by atoms with Crippen molar-refractivity contribution in [2.45, 2.75) is 18.1 Å².